The second kappa shape index (κ2) is 6.25. The van der Waals surface area contributed by atoms with Gasteiger partial charge in [-0.25, -0.2) is 4.98 Å². The Morgan fingerprint density at radius 2 is 2.10 bits per heavy atom. The Hall–Kier alpha value is -1.24. The maximum Gasteiger partial charge on any atom is 0.273 e. The first-order valence-electron chi connectivity index (χ1n) is 7.10. The van der Waals surface area contributed by atoms with Crippen LogP contribution < -0.4 is 0 Å². The lowest BCUT2D eigenvalue weighted by Crippen LogP contribution is -2.44. The molecule has 2 aromatic rings. The fourth-order valence-corrected chi connectivity index (χ4v) is 4.24. The Morgan fingerprint density at radius 3 is 2.71 bits per heavy atom. The topological polar surface area (TPSA) is 36.4 Å². The molecule has 1 aliphatic rings. The smallest absolute Gasteiger partial charge is 0.273 e. The minimum absolute atomic E-state index is 0.0752. The van der Waals surface area contributed by atoms with Crippen molar-refractivity contribution < 1.29 is 4.79 Å². The van der Waals surface area contributed by atoms with Crippen molar-refractivity contribution in [1.82, 2.24) is 14.8 Å². The molecule has 3 heterocycles. The number of hydrogen-bond donors (Lipinski definition) is 0. The van der Waals surface area contributed by atoms with Crippen molar-refractivity contribution in [3.8, 4) is 9.88 Å². The fourth-order valence-electron chi connectivity index (χ4n) is 2.63. The van der Waals surface area contributed by atoms with Gasteiger partial charge < -0.3 is 9.80 Å². The van der Waals surface area contributed by atoms with E-state index in [0.717, 1.165) is 35.8 Å². The minimum Gasteiger partial charge on any atom is -0.337 e. The molecule has 0 atom stereocenters. The van der Waals surface area contributed by atoms with Crippen molar-refractivity contribution in [1.29, 1.82) is 0 Å². The van der Waals surface area contributed by atoms with Crippen molar-refractivity contribution in [3.05, 3.63) is 28.6 Å². The Labute approximate surface area is 133 Å². The number of thiazole rings is 1. The standard InChI is InChI=1S/C15H19N3OS2/c1-17(2)11-5-7-18(8-6-11)15(19)12-10-21-14(16-12)13-4-3-9-20-13/h3-4,9-11H,5-8H2,1-2H3. The van der Waals surface area contributed by atoms with Crippen LogP contribution in [0.2, 0.25) is 0 Å². The van der Waals surface area contributed by atoms with E-state index in [-0.39, 0.29) is 5.91 Å². The van der Waals surface area contributed by atoms with E-state index in [1.165, 1.54) is 0 Å². The molecule has 112 valence electrons. The largest absolute Gasteiger partial charge is 0.337 e. The summed E-state index contributed by atoms with van der Waals surface area (Å²) in [5.41, 5.74) is 0.590. The second-order valence-corrected chi connectivity index (χ2v) is 7.31. The Kier molecular flexibility index (Phi) is 4.37. The molecular weight excluding hydrogens is 302 g/mol. The number of amides is 1. The molecule has 1 amide bonds. The average molecular weight is 321 g/mol. The monoisotopic (exact) mass is 321 g/mol. The number of carbonyl (C=O) groups is 1. The SMILES string of the molecule is CN(C)C1CCN(C(=O)c2csc(-c3cccs3)n2)CC1. The van der Waals surface area contributed by atoms with Crippen molar-refractivity contribution >= 4 is 28.6 Å². The minimum atomic E-state index is 0.0752. The van der Waals surface area contributed by atoms with Crippen LogP contribution >= 0.6 is 22.7 Å². The molecule has 1 saturated heterocycles. The van der Waals surface area contributed by atoms with Crippen LogP contribution in [0.4, 0.5) is 0 Å². The van der Waals surface area contributed by atoms with E-state index in [1.807, 2.05) is 27.8 Å². The third-order valence-corrected chi connectivity index (χ3v) is 5.82. The summed E-state index contributed by atoms with van der Waals surface area (Å²) < 4.78 is 0. The van der Waals surface area contributed by atoms with Crippen molar-refractivity contribution in [2.45, 2.75) is 18.9 Å². The van der Waals surface area contributed by atoms with Gasteiger partial charge in [-0.1, -0.05) is 6.07 Å². The van der Waals surface area contributed by atoms with Gasteiger partial charge in [0, 0.05) is 24.5 Å². The van der Waals surface area contributed by atoms with Crippen LogP contribution in [-0.4, -0.2) is 53.9 Å². The summed E-state index contributed by atoms with van der Waals surface area (Å²) in [4.78, 5) is 22.3. The van der Waals surface area contributed by atoms with Gasteiger partial charge in [-0.3, -0.25) is 4.79 Å². The quantitative estimate of drug-likeness (QED) is 0.872. The Balaban J connectivity index is 1.66. The maximum absolute atomic E-state index is 12.5. The molecule has 4 nitrogen and oxygen atoms in total. The summed E-state index contributed by atoms with van der Waals surface area (Å²) in [6.45, 7) is 1.65. The summed E-state index contributed by atoms with van der Waals surface area (Å²) in [6.07, 6.45) is 2.08. The van der Waals surface area contributed by atoms with Crippen LogP contribution in [0.15, 0.2) is 22.9 Å². The van der Waals surface area contributed by atoms with Crippen LogP contribution in [0.1, 0.15) is 23.3 Å². The molecule has 0 spiro atoms. The molecule has 1 aliphatic heterocycles. The van der Waals surface area contributed by atoms with E-state index in [0.29, 0.717) is 11.7 Å². The number of nitrogens with zero attached hydrogens (tertiary/aromatic N) is 3. The van der Waals surface area contributed by atoms with E-state index in [9.17, 15) is 4.79 Å². The molecular formula is C15H19N3OS2. The normalized spacial score (nSPS) is 16.6. The predicted molar refractivity (Wildman–Crippen MR) is 88.0 cm³/mol. The molecule has 0 bridgehead atoms. The van der Waals surface area contributed by atoms with Gasteiger partial charge in [0.25, 0.3) is 5.91 Å². The number of rotatable bonds is 3. The zero-order valence-corrected chi connectivity index (χ0v) is 13.9. The maximum atomic E-state index is 12.5. The van der Waals surface area contributed by atoms with Gasteiger partial charge in [0.05, 0.1) is 4.88 Å². The molecule has 21 heavy (non-hydrogen) atoms. The zero-order chi connectivity index (χ0) is 14.8. The Morgan fingerprint density at radius 1 is 1.33 bits per heavy atom. The number of thiophene rings is 1. The first-order chi connectivity index (χ1) is 10.1. The zero-order valence-electron chi connectivity index (χ0n) is 12.3. The van der Waals surface area contributed by atoms with E-state index in [4.69, 9.17) is 0 Å². The molecule has 1 fully saturated rings. The average Bonchev–Trinajstić information content (AvgIpc) is 3.17. The van der Waals surface area contributed by atoms with Gasteiger partial charge in [0.1, 0.15) is 10.7 Å². The third kappa shape index (κ3) is 3.17. The summed E-state index contributed by atoms with van der Waals surface area (Å²) in [5.74, 6) is 0.0752. The summed E-state index contributed by atoms with van der Waals surface area (Å²) in [7, 11) is 4.21. The van der Waals surface area contributed by atoms with Crippen molar-refractivity contribution in [2.24, 2.45) is 0 Å². The molecule has 0 aliphatic carbocycles. The van der Waals surface area contributed by atoms with Crippen LogP contribution in [0.3, 0.4) is 0 Å². The van der Waals surface area contributed by atoms with Crippen LogP contribution in [0.25, 0.3) is 9.88 Å². The highest BCUT2D eigenvalue weighted by Gasteiger charge is 2.26. The number of piperidine rings is 1. The molecule has 0 saturated carbocycles. The number of carbonyl (C=O) groups excluding carboxylic acids is 1. The van der Waals surface area contributed by atoms with Gasteiger partial charge in [-0.2, -0.15) is 0 Å². The second-order valence-electron chi connectivity index (χ2n) is 5.50. The lowest BCUT2D eigenvalue weighted by atomic mass is 10.0. The first kappa shape index (κ1) is 14.7. The highest BCUT2D eigenvalue weighted by Crippen LogP contribution is 2.28. The van der Waals surface area contributed by atoms with Crippen molar-refractivity contribution in [2.75, 3.05) is 27.2 Å². The summed E-state index contributed by atoms with van der Waals surface area (Å²) in [6, 6.07) is 4.64. The van der Waals surface area contributed by atoms with E-state index >= 15 is 0 Å². The summed E-state index contributed by atoms with van der Waals surface area (Å²) in [5, 5.41) is 4.86. The highest BCUT2D eigenvalue weighted by atomic mass is 32.1. The van der Waals surface area contributed by atoms with Gasteiger partial charge in [0.15, 0.2) is 0 Å². The molecule has 0 radical (unpaired) electrons. The lowest BCUT2D eigenvalue weighted by Gasteiger charge is -2.34. The fraction of sp³-hybridized carbons (Fsp3) is 0.467. The van der Waals surface area contributed by atoms with E-state index in [2.05, 4.69) is 24.0 Å². The number of likely N-dealkylation sites (tertiary alicyclic amines) is 1. The van der Waals surface area contributed by atoms with Gasteiger partial charge in [-0.15, -0.1) is 22.7 Å². The lowest BCUT2D eigenvalue weighted by molar-refractivity contribution is 0.0658. The van der Waals surface area contributed by atoms with Gasteiger partial charge >= 0.3 is 0 Å². The van der Waals surface area contributed by atoms with Gasteiger partial charge in [0.2, 0.25) is 0 Å². The van der Waals surface area contributed by atoms with Crippen LogP contribution in [-0.2, 0) is 0 Å². The predicted octanol–water partition coefficient (Wildman–Crippen LogP) is 3.04. The van der Waals surface area contributed by atoms with Crippen LogP contribution in [0.5, 0.6) is 0 Å². The molecule has 2 aromatic heterocycles. The molecule has 0 N–H and O–H groups in total. The van der Waals surface area contributed by atoms with E-state index in [1.54, 1.807) is 22.7 Å². The summed E-state index contributed by atoms with van der Waals surface area (Å²) >= 11 is 3.21. The van der Waals surface area contributed by atoms with Crippen molar-refractivity contribution in [3.63, 3.8) is 0 Å². The van der Waals surface area contributed by atoms with E-state index < -0.39 is 0 Å². The number of aromatic nitrogens is 1. The highest BCUT2D eigenvalue weighted by molar-refractivity contribution is 7.20. The molecule has 6 heteroatoms. The molecule has 3 rings (SSSR count). The number of hydrogen-bond acceptors (Lipinski definition) is 5. The van der Waals surface area contributed by atoms with Gasteiger partial charge in [-0.05, 0) is 38.4 Å². The first-order valence-corrected chi connectivity index (χ1v) is 8.86. The Bertz CT molecular complexity index is 598. The third-order valence-electron chi connectivity index (χ3n) is 3.94. The molecule has 0 aromatic carbocycles. The molecule has 0 unspecified atom stereocenters. The van der Waals surface area contributed by atoms with Crippen LogP contribution in [0, 0.1) is 0 Å².